The molecule has 0 aliphatic rings. The number of nitrogens with zero attached hydrogens (tertiary/aromatic N) is 2. The van der Waals surface area contributed by atoms with E-state index in [2.05, 4.69) is 26.3 Å². The van der Waals surface area contributed by atoms with Crippen molar-refractivity contribution >= 4 is 33.0 Å². The lowest BCUT2D eigenvalue weighted by Crippen LogP contribution is -2.30. The predicted molar refractivity (Wildman–Crippen MR) is 76.4 cm³/mol. The van der Waals surface area contributed by atoms with Gasteiger partial charge in [-0.25, -0.2) is 4.68 Å². The van der Waals surface area contributed by atoms with Crippen LogP contribution in [0.2, 0.25) is 0 Å². The van der Waals surface area contributed by atoms with Gasteiger partial charge in [0.15, 0.2) is 0 Å². The maximum Gasteiger partial charge on any atom is 0.408 e. The van der Waals surface area contributed by atoms with Crippen LogP contribution in [-0.4, -0.2) is 16.0 Å². The third kappa shape index (κ3) is 3.97. The standard InChI is InChI=1S/C12H10BrF3N4O/c13-10-9(19-8-3-1-7(17)2-4-8)5-18-20(11(10)21)6-12(14,15)16/h1-5,19H,6,17H2. The second kappa shape index (κ2) is 5.76. The first kappa shape index (κ1) is 15.4. The smallest absolute Gasteiger partial charge is 0.399 e. The molecule has 0 saturated carbocycles. The van der Waals surface area contributed by atoms with Gasteiger partial charge in [0.1, 0.15) is 11.0 Å². The number of hydrogen-bond donors (Lipinski definition) is 2. The average Bonchev–Trinajstić information content (AvgIpc) is 2.39. The summed E-state index contributed by atoms with van der Waals surface area (Å²) in [6.45, 7) is -1.44. The van der Waals surface area contributed by atoms with Crippen molar-refractivity contribution in [3.8, 4) is 0 Å². The van der Waals surface area contributed by atoms with Crippen LogP contribution in [0.5, 0.6) is 0 Å². The molecule has 0 spiro atoms. The maximum atomic E-state index is 12.3. The minimum absolute atomic E-state index is 0.0291. The molecule has 2 rings (SSSR count). The zero-order chi connectivity index (χ0) is 15.6. The SMILES string of the molecule is Nc1ccc(Nc2cnn(CC(F)(F)F)c(=O)c2Br)cc1. The monoisotopic (exact) mass is 362 g/mol. The molecule has 0 saturated heterocycles. The highest BCUT2D eigenvalue weighted by Gasteiger charge is 2.29. The fourth-order valence-corrected chi connectivity index (χ4v) is 1.96. The molecular formula is C12H10BrF3N4O. The van der Waals surface area contributed by atoms with Gasteiger partial charge in [-0.15, -0.1) is 0 Å². The minimum Gasteiger partial charge on any atom is -0.399 e. The summed E-state index contributed by atoms with van der Waals surface area (Å²) in [5.41, 5.74) is 6.14. The highest BCUT2D eigenvalue weighted by atomic mass is 79.9. The van der Waals surface area contributed by atoms with Crippen molar-refractivity contribution < 1.29 is 13.2 Å². The summed E-state index contributed by atoms with van der Waals surface area (Å²) in [4.78, 5) is 11.8. The lowest BCUT2D eigenvalue weighted by Gasteiger charge is -2.12. The Balaban J connectivity index is 2.28. The summed E-state index contributed by atoms with van der Waals surface area (Å²) in [5.74, 6) is 0. The van der Waals surface area contributed by atoms with Gasteiger partial charge in [-0.3, -0.25) is 4.79 Å². The van der Waals surface area contributed by atoms with Crippen LogP contribution in [0, 0.1) is 0 Å². The molecule has 0 aliphatic carbocycles. The second-order valence-electron chi connectivity index (χ2n) is 4.20. The molecule has 1 heterocycles. The molecular weight excluding hydrogens is 353 g/mol. The van der Waals surface area contributed by atoms with Gasteiger partial charge in [0.25, 0.3) is 5.56 Å². The van der Waals surface area contributed by atoms with Crippen LogP contribution in [0.3, 0.4) is 0 Å². The summed E-state index contributed by atoms with van der Waals surface area (Å²) in [6, 6.07) is 6.63. The summed E-state index contributed by atoms with van der Waals surface area (Å²) >= 11 is 2.98. The first-order valence-electron chi connectivity index (χ1n) is 5.71. The third-order valence-electron chi connectivity index (χ3n) is 2.50. The van der Waals surface area contributed by atoms with Crippen LogP contribution >= 0.6 is 15.9 Å². The summed E-state index contributed by atoms with van der Waals surface area (Å²) < 4.78 is 37.2. The topological polar surface area (TPSA) is 72.9 Å². The Bertz CT molecular complexity index is 697. The molecule has 0 fully saturated rings. The van der Waals surface area contributed by atoms with Crippen molar-refractivity contribution in [2.24, 2.45) is 0 Å². The molecule has 0 atom stereocenters. The Labute approximate surface area is 125 Å². The van der Waals surface area contributed by atoms with Gasteiger partial charge in [0.05, 0.1) is 11.9 Å². The fraction of sp³-hybridized carbons (Fsp3) is 0.167. The third-order valence-corrected chi connectivity index (χ3v) is 3.27. The van der Waals surface area contributed by atoms with E-state index in [1.165, 1.54) is 0 Å². The summed E-state index contributed by atoms with van der Waals surface area (Å²) in [7, 11) is 0. The van der Waals surface area contributed by atoms with E-state index in [9.17, 15) is 18.0 Å². The fourth-order valence-electron chi connectivity index (χ4n) is 1.56. The Kier molecular flexibility index (Phi) is 4.21. The van der Waals surface area contributed by atoms with E-state index in [1.54, 1.807) is 24.3 Å². The molecule has 0 bridgehead atoms. The van der Waals surface area contributed by atoms with Crippen molar-refractivity contribution in [3.63, 3.8) is 0 Å². The van der Waals surface area contributed by atoms with Crippen molar-refractivity contribution in [2.75, 3.05) is 11.1 Å². The Morgan fingerprint density at radius 3 is 2.48 bits per heavy atom. The lowest BCUT2D eigenvalue weighted by atomic mass is 10.3. The number of halogens is 4. The maximum absolute atomic E-state index is 12.3. The molecule has 0 unspecified atom stereocenters. The van der Waals surface area contributed by atoms with E-state index in [-0.39, 0.29) is 10.2 Å². The highest BCUT2D eigenvalue weighted by Crippen LogP contribution is 2.23. The van der Waals surface area contributed by atoms with Crippen molar-refractivity contribution in [2.45, 2.75) is 12.7 Å². The zero-order valence-electron chi connectivity index (χ0n) is 10.5. The van der Waals surface area contributed by atoms with E-state index in [1.807, 2.05) is 0 Å². The number of nitrogens with one attached hydrogen (secondary N) is 1. The Morgan fingerprint density at radius 2 is 1.90 bits per heavy atom. The minimum atomic E-state index is -4.51. The normalized spacial score (nSPS) is 11.4. The van der Waals surface area contributed by atoms with Crippen LogP contribution in [0.25, 0.3) is 0 Å². The molecule has 0 radical (unpaired) electrons. The second-order valence-corrected chi connectivity index (χ2v) is 4.99. The number of aromatic nitrogens is 2. The van der Waals surface area contributed by atoms with Gasteiger partial charge >= 0.3 is 6.18 Å². The van der Waals surface area contributed by atoms with Crippen molar-refractivity contribution in [1.29, 1.82) is 0 Å². The van der Waals surface area contributed by atoms with Gasteiger partial charge in [-0.1, -0.05) is 0 Å². The molecule has 21 heavy (non-hydrogen) atoms. The van der Waals surface area contributed by atoms with Gasteiger partial charge in [0.2, 0.25) is 0 Å². The van der Waals surface area contributed by atoms with Crippen LogP contribution in [-0.2, 0) is 6.54 Å². The zero-order valence-corrected chi connectivity index (χ0v) is 12.1. The van der Waals surface area contributed by atoms with E-state index in [0.29, 0.717) is 16.1 Å². The van der Waals surface area contributed by atoms with E-state index >= 15 is 0 Å². The number of anilines is 3. The summed E-state index contributed by atoms with van der Waals surface area (Å²) in [5, 5.41) is 6.38. The molecule has 112 valence electrons. The number of nitrogen functional groups attached to an aromatic ring is 1. The largest absolute Gasteiger partial charge is 0.408 e. The molecule has 9 heteroatoms. The van der Waals surface area contributed by atoms with Crippen LogP contribution < -0.4 is 16.6 Å². The van der Waals surface area contributed by atoms with Gasteiger partial charge in [-0.05, 0) is 40.2 Å². The first-order chi connectivity index (χ1) is 9.76. The van der Waals surface area contributed by atoms with Crippen LogP contribution in [0.15, 0.2) is 39.7 Å². The number of benzene rings is 1. The summed E-state index contributed by atoms with van der Waals surface area (Å²) in [6.07, 6.45) is -3.37. The molecule has 5 nitrogen and oxygen atoms in total. The quantitative estimate of drug-likeness (QED) is 0.823. The number of rotatable bonds is 3. The molecule has 3 N–H and O–H groups in total. The molecule has 0 amide bonds. The van der Waals surface area contributed by atoms with E-state index in [4.69, 9.17) is 5.73 Å². The molecule has 0 aliphatic heterocycles. The highest BCUT2D eigenvalue weighted by molar-refractivity contribution is 9.10. The Hall–Kier alpha value is -2.03. The number of hydrogen-bond acceptors (Lipinski definition) is 4. The van der Waals surface area contributed by atoms with E-state index in [0.717, 1.165) is 6.20 Å². The molecule has 1 aromatic heterocycles. The number of nitrogens with two attached hydrogens (primary N) is 1. The van der Waals surface area contributed by atoms with Crippen molar-refractivity contribution in [1.82, 2.24) is 9.78 Å². The average molecular weight is 363 g/mol. The first-order valence-corrected chi connectivity index (χ1v) is 6.50. The Morgan fingerprint density at radius 1 is 1.29 bits per heavy atom. The van der Waals surface area contributed by atoms with Gasteiger partial charge < -0.3 is 11.1 Å². The lowest BCUT2D eigenvalue weighted by molar-refractivity contribution is -0.143. The molecule has 2 aromatic rings. The molecule has 1 aromatic carbocycles. The van der Waals surface area contributed by atoms with Gasteiger partial charge in [0, 0.05) is 11.4 Å². The van der Waals surface area contributed by atoms with Crippen LogP contribution in [0.1, 0.15) is 0 Å². The van der Waals surface area contributed by atoms with Crippen LogP contribution in [0.4, 0.5) is 30.2 Å². The van der Waals surface area contributed by atoms with Gasteiger partial charge in [-0.2, -0.15) is 18.3 Å². The van der Waals surface area contributed by atoms with Crippen molar-refractivity contribution in [3.05, 3.63) is 45.3 Å². The van der Waals surface area contributed by atoms with E-state index < -0.39 is 18.3 Å². The number of alkyl halides is 3. The predicted octanol–water partition coefficient (Wildman–Crippen LogP) is 2.89.